The first-order valence-corrected chi connectivity index (χ1v) is 8.89. The monoisotopic (exact) mass is 394 g/mol. The number of carbonyl (C=O) groups is 1. The second-order valence-electron chi connectivity index (χ2n) is 6.47. The van der Waals surface area contributed by atoms with Crippen LogP contribution in [0.1, 0.15) is 39.0 Å². The van der Waals surface area contributed by atoms with Crippen LogP contribution in [0.2, 0.25) is 0 Å². The zero-order chi connectivity index (χ0) is 14.2. The van der Waals surface area contributed by atoms with E-state index in [1.54, 1.807) is 0 Å². The van der Waals surface area contributed by atoms with E-state index in [2.05, 4.69) is 22.6 Å². The lowest BCUT2D eigenvalue weighted by Crippen LogP contribution is -2.38. The molecule has 5 unspecified atom stereocenters. The van der Waals surface area contributed by atoms with Crippen LogP contribution in [0, 0.1) is 17.3 Å². The minimum Gasteiger partial charge on any atom is -0.461 e. The molecule has 0 N–H and O–H groups in total. The molecular weight excluding hydrogens is 371 g/mol. The lowest BCUT2D eigenvalue weighted by atomic mass is 9.71. The van der Waals surface area contributed by atoms with Crippen LogP contribution in [0.15, 0.2) is 0 Å². The molecule has 1 spiro atoms. The first kappa shape index (κ1) is 15.0. The topological polar surface area (TPSA) is 44.8 Å². The van der Waals surface area contributed by atoms with Gasteiger partial charge in [0, 0.05) is 0 Å². The summed E-state index contributed by atoms with van der Waals surface area (Å²) in [6, 6.07) is 0. The van der Waals surface area contributed by atoms with Crippen LogP contribution in [0.4, 0.5) is 0 Å². The highest BCUT2D eigenvalue weighted by molar-refractivity contribution is 14.1. The minimum atomic E-state index is -0.0276. The van der Waals surface area contributed by atoms with E-state index in [0.29, 0.717) is 24.0 Å². The number of carbonyl (C=O) groups excluding carboxylic acids is 1. The first-order chi connectivity index (χ1) is 9.64. The van der Waals surface area contributed by atoms with Crippen molar-refractivity contribution < 1.29 is 19.0 Å². The first-order valence-electron chi connectivity index (χ1n) is 7.64. The van der Waals surface area contributed by atoms with Crippen LogP contribution in [0.3, 0.4) is 0 Å². The van der Waals surface area contributed by atoms with Crippen molar-refractivity contribution in [1.29, 1.82) is 0 Å². The maximum atomic E-state index is 12.0. The Morgan fingerprint density at radius 2 is 2.30 bits per heavy atom. The summed E-state index contributed by atoms with van der Waals surface area (Å²) in [5.41, 5.74) is 0.290. The summed E-state index contributed by atoms with van der Waals surface area (Å²) in [6.45, 7) is 4.08. The van der Waals surface area contributed by atoms with Crippen molar-refractivity contribution in [2.75, 3.05) is 20.0 Å². The fourth-order valence-corrected chi connectivity index (χ4v) is 4.36. The van der Waals surface area contributed by atoms with E-state index in [0.717, 1.165) is 38.9 Å². The zero-order valence-corrected chi connectivity index (χ0v) is 14.1. The summed E-state index contributed by atoms with van der Waals surface area (Å²) < 4.78 is 16.8. The van der Waals surface area contributed by atoms with E-state index in [4.69, 9.17) is 14.2 Å². The largest absolute Gasteiger partial charge is 0.461 e. The van der Waals surface area contributed by atoms with Crippen LogP contribution in [-0.2, 0) is 19.0 Å². The van der Waals surface area contributed by atoms with Crippen molar-refractivity contribution in [3.63, 3.8) is 0 Å². The van der Waals surface area contributed by atoms with Gasteiger partial charge < -0.3 is 14.2 Å². The third-order valence-electron chi connectivity index (χ3n) is 5.35. The summed E-state index contributed by atoms with van der Waals surface area (Å²) in [5, 5.41) is 0. The summed E-state index contributed by atoms with van der Waals surface area (Å²) in [7, 11) is 0. The van der Waals surface area contributed by atoms with Gasteiger partial charge >= 0.3 is 5.97 Å². The lowest BCUT2D eigenvalue weighted by Gasteiger charge is -2.38. The minimum absolute atomic E-state index is 0.00435. The molecule has 1 saturated heterocycles. The Labute approximate surface area is 134 Å². The third kappa shape index (κ3) is 2.73. The number of ether oxygens (including phenoxy) is 3. The highest BCUT2D eigenvalue weighted by atomic mass is 127. The molecule has 0 radical (unpaired) electrons. The van der Waals surface area contributed by atoms with Gasteiger partial charge in [-0.2, -0.15) is 0 Å². The molecule has 1 aliphatic heterocycles. The number of rotatable bonds is 3. The highest BCUT2D eigenvalue weighted by Gasteiger charge is 2.56. The Bertz CT molecular complexity index is 365. The van der Waals surface area contributed by atoms with Gasteiger partial charge in [-0.05, 0) is 49.4 Å². The summed E-state index contributed by atoms with van der Waals surface area (Å²) in [6.07, 6.45) is 5.43. The van der Waals surface area contributed by atoms with Gasteiger partial charge in [0.2, 0.25) is 0 Å². The molecule has 0 aromatic rings. The van der Waals surface area contributed by atoms with Crippen LogP contribution in [0.5, 0.6) is 0 Å². The smallest absolute Gasteiger partial charge is 0.319 e. The lowest BCUT2D eigenvalue weighted by molar-refractivity contribution is -0.152. The third-order valence-corrected chi connectivity index (χ3v) is 6.74. The van der Waals surface area contributed by atoms with Crippen LogP contribution in [-0.4, -0.2) is 36.0 Å². The Balaban J connectivity index is 1.59. The van der Waals surface area contributed by atoms with Gasteiger partial charge in [0.15, 0.2) is 0 Å². The van der Waals surface area contributed by atoms with Crippen molar-refractivity contribution in [2.24, 2.45) is 17.3 Å². The van der Waals surface area contributed by atoms with E-state index in [-0.39, 0.29) is 16.0 Å². The molecule has 114 valence electrons. The Hall–Kier alpha value is 0.120. The maximum absolute atomic E-state index is 12.0. The van der Waals surface area contributed by atoms with Gasteiger partial charge in [-0.1, -0.05) is 29.5 Å². The predicted octanol–water partition coefficient (Wildman–Crippen LogP) is 2.92. The SMILES string of the molecule is CCC(I)C(=O)OC1CC2CC1CC21CCOCOC1. The van der Waals surface area contributed by atoms with Gasteiger partial charge in [-0.15, -0.1) is 0 Å². The van der Waals surface area contributed by atoms with Crippen LogP contribution >= 0.6 is 22.6 Å². The molecule has 1 heterocycles. The Morgan fingerprint density at radius 1 is 1.45 bits per heavy atom. The van der Waals surface area contributed by atoms with Gasteiger partial charge in [-0.3, -0.25) is 4.79 Å². The summed E-state index contributed by atoms with van der Waals surface area (Å²) in [5.74, 6) is 1.15. The number of esters is 1. The number of halogens is 1. The van der Waals surface area contributed by atoms with Crippen molar-refractivity contribution >= 4 is 28.6 Å². The molecule has 2 bridgehead atoms. The van der Waals surface area contributed by atoms with Crippen molar-refractivity contribution in [3.8, 4) is 0 Å². The van der Waals surface area contributed by atoms with Gasteiger partial charge in [0.25, 0.3) is 0 Å². The average Bonchev–Trinajstić information content (AvgIpc) is 2.89. The van der Waals surface area contributed by atoms with E-state index < -0.39 is 0 Å². The summed E-state index contributed by atoms with van der Waals surface area (Å²) in [4.78, 5) is 12.0. The average molecular weight is 394 g/mol. The highest BCUT2D eigenvalue weighted by Crippen LogP contribution is 2.58. The van der Waals surface area contributed by atoms with Crippen molar-refractivity contribution in [3.05, 3.63) is 0 Å². The molecule has 2 aliphatic carbocycles. The molecule has 4 nitrogen and oxygen atoms in total. The number of alkyl halides is 1. The number of hydrogen-bond donors (Lipinski definition) is 0. The maximum Gasteiger partial charge on any atom is 0.319 e. The molecule has 0 amide bonds. The fourth-order valence-electron chi connectivity index (χ4n) is 4.22. The molecule has 3 rings (SSSR count). The molecular formula is C15H23IO4. The predicted molar refractivity (Wildman–Crippen MR) is 82.6 cm³/mol. The normalized spacial score (nSPS) is 41.6. The van der Waals surface area contributed by atoms with Crippen LogP contribution < -0.4 is 0 Å². The molecule has 2 saturated carbocycles. The van der Waals surface area contributed by atoms with E-state index in [9.17, 15) is 4.79 Å². The van der Waals surface area contributed by atoms with Crippen molar-refractivity contribution in [1.82, 2.24) is 0 Å². The molecule has 0 aromatic carbocycles. The molecule has 3 aliphatic rings. The number of fused-ring (bicyclic) bond motifs is 3. The van der Waals surface area contributed by atoms with Gasteiger partial charge in [0.1, 0.15) is 16.8 Å². The second kappa shape index (κ2) is 6.08. The van der Waals surface area contributed by atoms with E-state index >= 15 is 0 Å². The molecule has 3 fully saturated rings. The quantitative estimate of drug-likeness (QED) is 0.420. The zero-order valence-electron chi connectivity index (χ0n) is 12.0. The fraction of sp³-hybridized carbons (Fsp3) is 0.933. The van der Waals surface area contributed by atoms with Gasteiger partial charge in [0.05, 0.1) is 13.2 Å². The van der Waals surface area contributed by atoms with Gasteiger partial charge in [-0.25, -0.2) is 0 Å². The molecule has 5 atom stereocenters. The standard InChI is InChI=1S/C15H23IO4/c1-2-12(16)14(17)20-13-6-11-5-10(13)7-15(11)3-4-18-9-19-8-15/h10-13H,2-9H2,1H3. The second-order valence-corrected chi connectivity index (χ2v) is 7.97. The van der Waals surface area contributed by atoms with E-state index in [1.165, 1.54) is 6.42 Å². The van der Waals surface area contributed by atoms with Crippen molar-refractivity contribution in [2.45, 2.75) is 49.1 Å². The molecule has 0 aromatic heterocycles. The van der Waals surface area contributed by atoms with Crippen LogP contribution in [0.25, 0.3) is 0 Å². The number of hydrogen-bond acceptors (Lipinski definition) is 4. The van der Waals surface area contributed by atoms with E-state index in [1.807, 2.05) is 6.92 Å². The Kier molecular flexibility index (Phi) is 4.57. The molecule has 5 heteroatoms. The summed E-state index contributed by atoms with van der Waals surface area (Å²) >= 11 is 2.18. The Morgan fingerprint density at radius 3 is 3.00 bits per heavy atom. The molecule has 20 heavy (non-hydrogen) atoms.